The van der Waals surface area contributed by atoms with Crippen molar-refractivity contribution in [3.63, 3.8) is 0 Å². The molecule has 0 atom stereocenters. The Balaban J connectivity index is 1.32. The third-order valence-electron chi connectivity index (χ3n) is 7.47. The van der Waals surface area contributed by atoms with E-state index in [0.29, 0.717) is 24.1 Å². The third kappa shape index (κ3) is 5.79. The molecule has 1 aliphatic heterocycles. The number of para-hydroxylation sites is 1. The van der Waals surface area contributed by atoms with E-state index in [1.807, 2.05) is 62.4 Å². The van der Waals surface area contributed by atoms with E-state index in [9.17, 15) is 9.59 Å². The Hall–Kier alpha value is -3.80. The summed E-state index contributed by atoms with van der Waals surface area (Å²) in [4.78, 5) is 25.9. The fourth-order valence-corrected chi connectivity index (χ4v) is 5.58. The lowest BCUT2D eigenvalue weighted by Gasteiger charge is -2.39. The lowest BCUT2D eigenvalue weighted by atomic mass is 9.77. The highest BCUT2D eigenvalue weighted by atomic mass is 16.5. The molecule has 3 aromatic carbocycles. The molecular formula is C31H34N2O4. The predicted molar refractivity (Wildman–Crippen MR) is 146 cm³/mol. The van der Waals surface area contributed by atoms with Crippen molar-refractivity contribution in [1.29, 1.82) is 0 Å². The number of carboxylic acid groups (broad SMARTS) is 1. The second-order valence-corrected chi connectivity index (χ2v) is 10.9. The van der Waals surface area contributed by atoms with Crippen LogP contribution in [0, 0.1) is 5.92 Å². The monoisotopic (exact) mass is 498 g/mol. The molecular weight excluding hydrogens is 464 g/mol. The summed E-state index contributed by atoms with van der Waals surface area (Å²) in [5.74, 6) is 0.800. The van der Waals surface area contributed by atoms with Crippen LogP contribution in [-0.2, 0) is 4.79 Å². The van der Waals surface area contributed by atoms with Gasteiger partial charge in [-0.3, -0.25) is 9.69 Å². The summed E-state index contributed by atoms with van der Waals surface area (Å²) in [6.45, 7) is 4.43. The lowest BCUT2D eigenvalue weighted by Crippen LogP contribution is -2.50. The molecule has 2 aliphatic rings. The molecule has 0 saturated heterocycles. The highest BCUT2D eigenvalue weighted by Gasteiger charge is 2.35. The Morgan fingerprint density at radius 1 is 0.946 bits per heavy atom. The number of carboxylic acids is 1. The van der Waals surface area contributed by atoms with Crippen molar-refractivity contribution >= 4 is 23.4 Å². The molecule has 1 fully saturated rings. The summed E-state index contributed by atoms with van der Waals surface area (Å²) in [6.07, 6.45) is 4.32. The first-order valence-electron chi connectivity index (χ1n) is 13.1. The first kappa shape index (κ1) is 24.9. The van der Waals surface area contributed by atoms with E-state index in [1.165, 1.54) is 5.56 Å². The second kappa shape index (κ2) is 10.3. The minimum Gasteiger partial charge on any atom is -0.484 e. The van der Waals surface area contributed by atoms with E-state index < -0.39 is 11.6 Å². The quantitative estimate of drug-likeness (QED) is 0.386. The van der Waals surface area contributed by atoms with Gasteiger partial charge in [0, 0.05) is 12.1 Å². The van der Waals surface area contributed by atoms with Gasteiger partial charge in [0.2, 0.25) is 0 Å². The number of ether oxygens (including phenoxy) is 1. The molecule has 192 valence electrons. The van der Waals surface area contributed by atoms with Crippen molar-refractivity contribution in [3.05, 3.63) is 78.4 Å². The van der Waals surface area contributed by atoms with Gasteiger partial charge in [-0.2, -0.15) is 0 Å². The van der Waals surface area contributed by atoms with Crippen LogP contribution in [0.15, 0.2) is 72.8 Å². The molecule has 3 aromatic rings. The van der Waals surface area contributed by atoms with Crippen LogP contribution in [0.3, 0.4) is 0 Å². The molecule has 6 heteroatoms. The standard InChI is InChI=1S/C31H34N2O4/c1-31(2)20-33(30(36)32-26-6-4-3-5-7-26)27-17-16-25(19-28(27)37-31)24-14-12-23(13-15-24)22-10-8-21(9-11-22)18-29(34)35/h3-7,12-17,19,21-22H,8-11,18,20H2,1-2H3,(H,32,36)(H,34,35). The van der Waals surface area contributed by atoms with Gasteiger partial charge < -0.3 is 15.2 Å². The Morgan fingerprint density at radius 2 is 1.62 bits per heavy atom. The largest absolute Gasteiger partial charge is 0.484 e. The van der Waals surface area contributed by atoms with Crippen LogP contribution in [-0.4, -0.2) is 29.3 Å². The van der Waals surface area contributed by atoms with Crippen LogP contribution >= 0.6 is 0 Å². The number of nitrogens with zero attached hydrogens (tertiary/aromatic N) is 1. The molecule has 2 amide bonds. The average Bonchev–Trinajstić information content (AvgIpc) is 2.88. The average molecular weight is 499 g/mol. The van der Waals surface area contributed by atoms with Gasteiger partial charge in [0.1, 0.15) is 11.4 Å². The second-order valence-electron chi connectivity index (χ2n) is 10.9. The maximum Gasteiger partial charge on any atom is 0.326 e. The molecule has 6 nitrogen and oxygen atoms in total. The SMILES string of the molecule is CC1(C)CN(C(=O)Nc2ccccc2)c2ccc(-c3ccc(C4CCC(CC(=O)O)CC4)cc3)cc2O1. The summed E-state index contributed by atoms with van der Waals surface area (Å²) < 4.78 is 6.30. The van der Waals surface area contributed by atoms with Crippen molar-refractivity contribution in [1.82, 2.24) is 0 Å². The van der Waals surface area contributed by atoms with Gasteiger partial charge in [-0.05, 0) is 92.3 Å². The maximum absolute atomic E-state index is 13.2. The topological polar surface area (TPSA) is 78.9 Å². The molecule has 1 heterocycles. The van der Waals surface area contributed by atoms with E-state index in [-0.39, 0.29) is 12.5 Å². The number of hydrogen-bond donors (Lipinski definition) is 2. The van der Waals surface area contributed by atoms with Crippen LogP contribution in [0.2, 0.25) is 0 Å². The van der Waals surface area contributed by atoms with Crippen LogP contribution in [0.1, 0.15) is 57.4 Å². The van der Waals surface area contributed by atoms with Gasteiger partial charge in [0.25, 0.3) is 0 Å². The maximum atomic E-state index is 13.2. The Kier molecular flexibility index (Phi) is 6.92. The highest BCUT2D eigenvalue weighted by molar-refractivity contribution is 6.03. The Labute approximate surface area is 218 Å². The molecule has 0 aromatic heterocycles. The summed E-state index contributed by atoms with van der Waals surface area (Å²) >= 11 is 0. The Bertz CT molecular complexity index is 1260. The van der Waals surface area contributed by atoms with E-state index in [1.54, 1.807) is 4.90 Å². The zero-order valence-corrected chi connectivity index (χ0v) is 21.4. The van der Waals surface area contributed by atoms with Gasteiger partial charge in [-0.15, -0.1) is 0 Å². The number of fused-ring (bicyclic) bond motifs is 1. The zero-order valence-electron chi connectivity index (χ0n) is 21.4. The van der Waals surface area contributed by atoms with Crippen LogP contribution in [0.4, 0.5) is 16.2 Å². The Morgan fingerprint density at radius 3 is 2.30 bits per heavy atom. The van der Waals surface area contributed by atoms with E-state index >= 15 is 0 Å². The van der Waals surface area contributed by atoms with Crippen molar-refractivity contribution in [3.8, 4) is 16.9 Å². The molecule has 5 rings (SSSR count). The number of benzene rings is 3. The minimum atomic E-state index is -0.690. The lowest BCUT2D eigenvalue weighted by molar-refractivity contribution is -0.138. The summed E-state index contributed by atoms with van der Waals surface area (Å²) in [5, 5.41) is 12.0. The summed E-state index contributed by atoms with van der Waals surface area (Å²) in [5.41, 5.74) is 4.44. The minimum absolute atomic E-state index is 0.181. The van der Waals surface area contributed by atoms with E-state index in [4.69, 9.17) is 9.84 Å². The van der Waals surface area contributed by atoms with Gasteiger partial charge in [-0.1, -0.05) is 48.5 Å². The molecule has 0 spiro atoms. The van der Waals surface area contributed by atoms with Crippen molar-refractivity contribution in [2.24, 2.45) is 5.92 Å². The fraction of sp³-hybridized carbons (Fsp3) is 0.355. The van der Waals surface area contributed by atoms with Gasteiger partial charge in [0.15, 0.2) is 0 Å². The van der Waals surface area contributed by atoms with Crippen molar-refractivity contribution in [2.45, 2.75) is 57.5 Å². The molecule has 1 aliphatic carbocycles. The normalized spacial score (nSPS) is 20.4. The van der Waals surface area contributed by atoms with E-state index in [2.05, 4.69) is 29.6 Å². The van der Waals surface area contributed by atoms with Crippen LogP contribution in [0.25, 0.3) is 11.1 Å². The number of carbonyl (C=O) groups is 2. The van der Waals surface area contributed by atoms with Gasteiger partial charge >= 0.3 is 12.0 Å². The number of rotatable bonds is 5. The highest BCUT2D eigenvalue weighted by Crippen LogP contribution is 2.41. The van der Waals surface area contributed by atoms with Crippen molar-refractivity contribution < 1.29 is 19.4 Å². The smallest absolute Gasteiger partial charge is 0.326 e. The first-order chi connectivity index (χ1) is 17.8. The molecule has 37 heavy (non-hydrogen) atoms. The summed E-state index contributed by atoms with van der Waals surface area (Å²) in [7, 11) is 0. The number of amides is 2. The molecule has 2 N–H and O–H groups in total. The predicted octanol–water partition coefficient (Wildman–Crippen LogP) is 7.31. The fourth-order valence-electron chi connectivity index (χ4n) is 5.58. The molecule has 0 radical (unpaired) electrons. The van der Waals surface area contributed by atoms with Gasteiger partial charge in [-0.25, -0.2) is 4.79 Å². The number of carbonyl (C=O) groups excluding carboxylic acids is 1. The number of anilines is 2. The number of urea groups is 1. The molecule has 1 saturated carbocycles. The van der Waals surface area contributed by atoms with Crippen LogP contribution in [0.5, 0.6) is 5.75 Å². The zero-order chi connectivity index (χ0) is 26.0. The van der Waals surface area contributed by atoms with Crippen molar-refractivity contribution in [2.75, 3.05) is 16.8 Å². The third-order valence-corrected chi connectivity index (χ3v) is 7.47. The molecule has 0 bridgehead atoms. The van der Waals surface area contributed by atoms with Gasteiger partial charge in [0.05, 0.1) is 12.2 Å². The van der Waals surface area contributed by atoms with E-state index in [0.717, 1.165) is 48.2 Å². The van der Waals surface area contributed by atoms with Crippen LogP contribution < -0.4 is 15.0 Å². The molecule has 0 unspecified atom stereocenters. The first-order valence-corrected chi connectivity index (χ1v) is 13.1. The number of nitrogens with one attached hydrogen (secondary N) is 1. The summed E-state index contributed by atoms with van der Waals surface area (Å²) in [6, 6.07) is 24.0. The number of hydrogen-bond acceptors (Lipinski definition) is 3. The number of aliphatic carboxylic acids is 1.